The summed E-state index contributed by atoms with van der Waals surface area (Å²) in [5.41, 5.74) is 2.10. The zero-order valence-corrected chi connectivity index (χ0v) is 14.6. The van der Waals surface area contributed by atoms with Crippen LogP contribution in [-0.2, 0) is 6.42 Å². The maximum absolute atomic E-state index is 12.1. The Balaban J connectivity index is 0.00000180. The zero-order chi connectivity index (χ0) is 13.0. The molecule has 0 aromatic heterocycles. The molecule has 0 amide bonds. The molecule has 0 saturated heterocycles. The molecule has 0 saturated carbocycles. The number of hydrogen-bond acceptors (Lipinski definition) is 3. The van der Waals surface area contributed by atoms with Crippen LogP contribution in [0.3, 0.4) is 0 Å². The predicted octanol–water partition coefficient (Wildman–Crippen LogP) is -0.848. The minimum absolute atomic E-state index is 0. The van der Waals surface area contributed by atoms with Crippen LogP contribution in [0.2, 0.25) is 0 Å². The van der Waals surface area contributed by atoms with Crippen molar-refractivity contribution in [2.45, 2.75) is 6.42 Å². The van der Waals surface area contributed by atoms with Gasteiger partial charge in [0, 0.05) is 11.1 Å². The van der Waals surface area contributed by atoms with Crippen molar-refractivity contribution in [3.8, 4) is 0 Å². The summed E-state index contributed by atoms with van der Waals surface area (Å²) in [7, 11) is 0. The Morgan fingerprint density at radius 2 is 1.47 bits per heavy atom. The second-order valence-corrected chi connectivity index (χ2v) is 4.40. The van der Waals surface area contributed by atoms with Gasteiger partial charge in [-0.1, -0.05) is 59.6 Å². The Labute approximate surface area is 160 Å². The van der Waals surface area contributed by atoms with Gasteiger partial charge >= 0.3 is 51.4 Å². The summed E-state index contributed by atoms with van der Waals surface area (Å²) in [4.78, 5) is 12.1. The average Bonchev–Trinajstić information content (AvgIpc) is 2.39. The molecule has 19 heavy (non-hydrogen) atoms. The van der Waals surface area contributed by atoms with Crippen LogP contribution < -0.4 is 56.5 Å². The third kappa shape index (κ3) is 4.91. The molecule has 2 rings (SSSR count). The molecular weight excluding hydrogens is 283 g/mol. The van der Waals surface area contributed by atoms with E-state index < -0.39 is 0 Å². The molecule has 0 unspecified atom stereocenters. The summed E-state index contributed by atoms with van der Waals surface area (Å²) in [6.07, 6.45) is 0.231. The fourth-order valence-corrected chi connectivity index (χ4v) is 1.86. The average molecular weight is 294 g/mol. The first-order chi connectivity index (χ1) is 8.66. The van der Waals surface area contributed by atoms with Gasteiger partial charge in [0.15, 0.2) is 5.78 Å². The Morgan fingerprint density at radius 3 is 2.00 bits per heavy atom. The largest absolute Gasteiger partial charge is 1.00 e. The molecule has 0 spiro atoms. The molecule has 2 nitrogen and oxygen atoms in total. The Hall–Kier alpha value is -0.364. The van der Waals surface area contributed by atoms with E-state index >= 15 is 0 Å². The van der Waals surface area contributed by atoms with E-state index in [1.807, 2.05) is 18.2 Å². The molecule has 0 fully saturated rings. The molecule has 4 heteroatoms. The SMILES string of the molecule is O=C(c1ccccc1)c1ccc(CC([O-])=S)cc1.[K+]. The standard InChI is InChI=1S/C15H12O2S.K/c16-14(18)10-11-6-8-13(9-7-11)15(17)12-4-2-1-3-5-12;/h1-9H,10H2,(H,16,18);/q;+1/p-1. The summed E-state index contributed by atoms with van der Waals surface area (Å²) in [6.45, 7) is 0. The maximum atomic E-state index is 12.1. The van der Waals surface area contributed by atoms with E-state index in [4.69, 9.17) is 0 Å². The first kappa shape index (κ1) is 16.7. The first-order valence-corrected chi connectivity index (χ1v) is 5.96. The molecule has 90 valence electrons. The van der Waals surface area contributed by atoms with Crippen LogP contribution in [0.25, 0.3) is 0 Å². The fraction of sp³-hybridized carbons (Fsp3) is 0.0667. The van der Waals surface area contributed by atoms with E-state index in [0.29, 0.717) is 11.1 Å². The quantitative estimate of drug-likeness (QED) is 0.419. The van der Waals surface area contributed by atoms with Gasteiger partial charge in [0.2, 0.25) is 0 Å². The fourth-order valence-electron chi connectivity index (χ4n) is 1.70. The molecule has 0 N–H and O–H groups in total. The van der Waals surface area contributed by atoms with Crippen molar-refractivity contribution in [1.29, 1.82) is 0 Å². The van der Waals surface area contributed by atoms with E-state index in [0.717, 1.165) is 5.56 Å². The third-order valence-electron chi connectivity index (χ3n) is 2.60. The van der Waals surface area contributed by atoms with Gasteiger partial charge in [-0.25, -0.2) is 0 Å². The van der Waals surface area contributed by atoms with Crippen LogP contribution >= 0.6 is 12.2 Å². The molecule has 2 aromatic rings. The molecule has 0 atom stereocenters. The van der Waals surface area contributed by atoms with Crippen LogP contribution in [0.15, 0.2) is 54.6 Å². The van der Waals surface area contributed by atoms with Crippen molar-refractivity contribution < 1.29 is 61.3 Å². The van der Waals surface area contributed by atoms with Gasteiger partial charge in [0.1, 0.15) is 0 Å². The number of carbonyl (C=O) groups is 1. The Kier molecular flexibility index (Phi) is 7.06. The summed E-state index contributed by atoms with van der Waals surface area (Å²) in [6, 6.07) is 16.1. The molecule has 0 aliphatic carbocycles. The van der Waals surface area contributed by atoms with Crippen LogP contribution in [0, 0.1) is 0 Å². The molecule has 0 bridgehead atoms. The zero-order valence-electron chi connectivity index (χ0n) is 10.6. The van der Waals surface area contributed by atoms with Crippen molar-refractivity contribution in [2.24, 2.45) is 0 Å². The topological polar surface area (TPSA) is 40.1 Å². The summed E-state index contributed by atoms with van der Waals surface area (Å²) < 4.78 is 0. The molecular formula is C15H11KO2S. The minimum Gasteiger partial charge on any atom is -0.867 e. The van der Waals surface area contributed by atoms with Crippen LogP contribution in [-0.4, -0.2) is 10.8 Å². The van der Waals surface area contributed by atoms with Gasteiger partial charge in [-0.2, -0.15) is 0 Å². The molecule has 2 aromatic carbocycles. The molecule has 0 radical (unpaired) electrons. The number of hydrogen-bond donors (Lipinski definition) is 0. The van der Waals surface area contributed by atoms with Crippen LogP contribution in [0.1, 0.15) is 21.5 Å². The van der Waals surface area contributed by atoms with Crippen LogP contribution in [0.4, 0.5) is 0 Å². The van der Waals surface area contributed by atoms with Gasteiger partial charge in [0.05, 0.1) is 0 Å². The number of ketones is 1. The number of rotatable bonds is 4. The van der Waals surface area contributed by atoms with Crippen molar-refractivity contribution in [1.82, 2.24) is 0 Å². The van der Waals surface area contributed by atoms with E-state index in [9.17, 15) is 9.90 Å². The summed E-state index contributed by atoms with van der Waals surface area (Å²) in [5, 5.41) is 10.5. The van der Waals surface area contributed by atoms with E-state index in [2.05, 4.69) is 12.2 Å². The van der Waals surface area contributed by atoms with E-state index in [1.165, 1.54) is 0 Å². The van der Waals surface area contributed by atoms with Crippen molar-refractivity contribution in [2.75, 3.05) is 0 Å². The molecule has 0 aliphatic rings. The third-order valence-corrected chi connectivity index (χ3v) is 2.74. The number of carbonyl (C=O) groups excluding carboxylic acids is 1. The van der Waals surface area contributed by atoms with E-state index in [1.54, 1.807) is 36.4 Å². The second-order valence-electron chi connectivity index (χ2n) is 3.94. The normalized spacial score (nSPS) is 9.47. The second kappa shape index (κ2) is 8.04. The number of thiocarbonyl (C=S) groups is 1. The molecule has 0 aliphatic heterocycles. The van der Waals surface area contributed by atoms with Crippen molar-refractivity contribution >= 4 is 23.1 Å². The van der Waals surface area contributed by atoms with Crippen molar-refractivity contribution in [3.05, 3.63) is 71.3 Å². The maximum Gasteiger partial charge on any atom is 1.00 e. The Bertz CT molecular complexity index is 564. The van der Waals surface area contributed by atoms with E-state index in [-0.39, 0.29) is 68.6 Å². The van der Waals surface area contributed by atoms with Gasteiger partial charge in [-0.3, -0.25) is 4.79 Å². The monoisotopic (exact) mass is 294 g/mol. The Morgan fingerprint density at radius 1 is 0.947 bits per heavy atom. The van der Waals surface area contributed by atoms with Crippen LogP contribution in [0.5, 0.6) is 0 Å². The molecule has 0 heterocycles. The van der Waals surface area contributed by atoms with Gasteiger partial charge < -0.3 is 5.11 Å². The smallest absolute Gasteiger partial charge is 0.867 e. The summed E-state index contributed by atoms with van der Waals surface area (Å²) in [5.74, 6) is -0.0214. The van der Waals surface area contributed by atoms with Gasteiger partial charge in [-0.05, 0) is 12.0 Å². The summed E-state index contributed by atoms with van der Waals surface area (Å²) >= 11 is 4.52. The van der Waals surface area contributed by atoms with Gasteiger partial charge in [-0.15, -0.1) is 12.2 Å². The minimum atomic E-state index is -0.294. The van der Waals surface area contributed by atoms with Gasteiger partial charge in [0.25, 0.3) is 0 Å². The number of benzene rings is 2. The van der Waals surface area contributed by atoms with Crippen molar-refractivity contribution in [3.63, 3.8) is 0 Å². The predicted molar refractivity (Wildman–Crippen MR) is 72.6 cm³/mol. The first-order valence-electron chi connectivity index (χ1n) is 5.55.